The van der Waals surface area contributed by atoms with Gasteiger partial charge in [0.2, 0.25) is 0 Å². The normalized spacial score (nSPS) is 14.8. The Morgan fingerprint density at radius 3 is 2.70 bits per heavy atom. The lowest BCUT2D eigenvalue weighted by molar-refractivity contribution is 0.0816. The zero-order chi connectivity index (χ0) is 14.5. The maximum Gasteiger partial charge on any atom is 0.254 e. The summed E-state index contributed by atoms with van der Waals surface area (Å²) < 4.78 is 0. The van der Waals surface area contributed by atoms with Crippen LogP contribution in [0.25, 0.3) is 11.3 Å². The Kier molecular flexibility index (Phi) is 2.71. The van der Waals surface area contributed by atoms with Crippen LogP contribution in [0.1, 0.15) is 42.5 Å². The highest BCUT2D eigenvalue weighted by atomic mass is 16.2. The van der Waals surface area contributed by atoms with E-state index in [1.165, 1.54) is 0 Å². The molecule has 0 unspecified atom stereocenters. The molecule has 0 fully saturated rings. The number of fused-ring (bicyclic) bond motifs is 1. The number of nitrogens with one attached hydrogen (secondary N) is 1. The first-order valence-electron chi connectivity index (χ1n) is 6.80. The Morgan fingerprint density at radius 1 is 1.30 bits per heavy atom. The molecular weight excluding hydrogens is 250 g/mol. The molecule has 1 amide bonds. The third-order valence-corrected chi connectivity index (χ3v) is 3.69. The zero-order valence-electron chi connectivity index (χ0n) is 12.3. The summed E-state index contributed by atoms with van der Waals surface area (Å²) in [6.45, 7) is 7.08. The van der Waals surface area contributed by atoms with Gasteiger partial charge >= 0.3 is 0 Å². The van der Waals surface area contributed by atoms with Crippen LogP contribution in [-0.2, 0) is 12.0 Å². The van der Waals surface area contributed by atoms with Crippen LogP contribution in [0.3, 0.4) is 0 Å². The Labute approximate surface area is 118 Å². The first-order chi connectivity index (χ1) is 9.36. The highest BCUT2D eigenvalue weighted by Crippen LogP contribution is 2.28. The van der Waals surface area contributed by atoms with Crippen molar-refractivity contribution in [1.29, 1.82) is 0 Å². The summed E-state index contributed by atoms with van der Waals surface area (Å²) in [5.41, 5.74) is 3.98. The summed E-state index contributed by atoms with van der Waals surface area (Å²) in [5.74, 6) is 1.08. The molecule has 20 heavy (non-hydrogen) atoms. The number of benzene rings is 1. The Hall–Kier alpha value is -2.10. The highest BCUT2D eigenvalue weighted by Gasteiger charge is 2.25. The summed E-state index contributed by atoms with van der Waals surface area (Å²) in [7, 11) is 1.83. The predicted octanol–water partition coefficient (Wildman–Crippen LogP) is 2.96. The van der Waals surface area contributed by atoms with Crippen molar-refractivity contribution in [2.24, 2.45) is 0 Å². The Bertz CT molecular complexity index is 679. The second kappa shape index (κ2) is 4.20. The van der Waals surface area contributed by atoms with Gasteiger partial charge in [-0.05, 0) is 23.3 Å². The van der Waals surface area contributed by atoms with Gasteiger partial charge in [0, 0.05) is 24.6 Å². The topological polar surface area (TPSA) is 49.0 Å². The van der Waals surface area contributed by atoms with E-state index in [0.29, 0.717) is 6.54 Å². The van der Waals surface area contributed by atoms with Crippen molar-refractivity contribution in [2.45, 2.75) is 32.7 Å². The van der Waals surface area contributed by atoms with Crippen LogP contribution >= 0.6 is 0 Å². The molecule has 0 spiro atoms. The number of hydrogen-bond donors (Lipinski definition) is 1. The molecular formula is C16H19N3O. The van der Waals surface area contributed by atoms with E-state index >= 15 is 0 Å². The van der Waals surface area contributed by atoms with Gasteiger partial charge in [-0.1, -0.05) is 26.8 Å². The lowest BCUT2D eigenvalue weighted by Gasteiger charge is -2.14. The van der Waals surface area contributed by atoms with Gasteiger partial charge in [0.15, 0.2) is 0 Å². The predicted molar refractivity (Wildman–Crippen MR) is 78.5 cm³/mol. The molecule has 0 bridgehead atoms. The van der Waals surface area contributed by atoms with Crippen LogP contribution < -0.4 is 0 Å². The number of carbonyl (C=O) groups is 1. The molecule has 1 N–H and O–H groups in total. The molecule has 4 heteroatoms. The maximum absolute atomic E-state index is 11.9. The molecule has 2 aromatic rings. The van der Waals surface area contributed by atoms with Gasteiger partial charge in [-0.3, -0.25) is 4.79 Å². The van der Waals surface area contributed by atoms with Crippen molar-refractivity contribution in [3.8, 4) is 11.3 Å². The fraction of sp³-hybridized carbons (Fsp3) is 0.375. The van der Waals surface area contributed by atoms with Gasteiger partial charge in [-0.25, -0.2) is 4.98 Å². The lowest BCUT2D eigenvalue weighted by Crippen LogP contribution is -2.17. The smallest absolute Gasteiger partial charge is 0.254 e. The van der Waals surface area contributed by atoms with Crippen molar-refractivity contribution >= 4 is 5.91 Å². The third-order valence-electron chi connectivity index (χ3n) is 3.69. The number of aromatic amines is 1. The second-order valence-corrected chi connectivity index (χ2v) is 6.43. The highest BCUT2D eigenvalue weighted by molar-refractivity contribution is 5.98. The van der Waals surface area contributed by atoms with E-state index < -0.39 is 0 Å². The lowest BCUT2D eigenvalue weighted by atomic mass is 9.96. The fourth-order valence-electron chi connectivity index (χ4n) is 2.48. The summed E-state index contributed by atoms with van der Waals surface area (Å²) in [5, 5.41) is 0. The van der Waals surface area contributed by atoms with E-state index in [9.17, 15) is 4.79 Å². The van der Waals surface area contributed by atoms with E-state index in [4.69, 9.17) is 0 Å². The average molecular weight is 269 g/mol. The van der Waals surface area contributed by atoms with Crippen molar-refractivity contribution in [3.63, 3.8) is 0 Å². The van der Waals surface area contributed by atoms with E-state index in [1.54, 1.807) is 4.90 Å². The minimum atomic E-state index is 0.00512. The minimum absolute atomic E-state index is 0.00512. The minimum Gasteiger partial charge on any atom is -0.342 e. The first-order valence-corrected chi connectivity index (χ1v) is 6.80. The Balaban J connectivity index is 1.99. The third kappa shape index (κ3) is 2.01. The molecule has 1 aromatic carbocycles. The molecule has 1 aliphatic rings. The van der Waals surface area contributed by atoms with Crippen molar-refractivity contribution in [1.82, 2.24) is 14.9 Å². The summed E-state index contributed by atoms with van der Waals surface area (Å²) >= 11 is 0. The monoisotopic (exact) mass is 269 g/mol. The van der Waals surface area contributed by atoms with E-state index in [1.807, 2.05) is 25.4 Å². The van der Waals surface area contributed by atoms with Crippen molar-refractivity contribution in [2.75, 3.05) is 7.05 Å². The summed E-state index contributed by atoms with van der Waals surface area (Å²) in [4.78, 5) is 21.5. The molecule has 2 heterocycles. The van der Waals surface area contributed by atoms with Crippen LogP contribution in [0.4, 0.5) is 0 Å². The van der Waals surface area contributed by atoms with Crippen LogP contribution in [0.2, 0.25) is 0 Å². The average Bonchev–Trinajstić information content (AvgIpc) is 2.95. The van der Waals surface area contributed by atoms with Gasteiger partial charge in [-0.2, -0.15) is 0 Å². The summed E-state index contributed by atoms with van der Waals surface area (Å²) in [6, 6.07) is 5.97. The summed E-state index contributed by atoms with van der Waals surface area (Å²) in [6.07, 6.45) is 1.86. The van der Waals surface area contributed by atoms with Crippen LogP contribution in [0, 0.1) is 0 Å². The molecule has 0 saturated carbocycles. The quantitative estimate of drug-likeness (QED) is 0.865. The number of H-pyrrole nitrogens is 1. The van der Waals surface area contributed by atoms with E-state index in [2.05, 4.69) is 36.8 Å². The van der Waals surface area contributed by atoms with Crippen molar-refractivity contribution < 1.29 is 4.79 Å². The zero-order valence-corrected chi connectivity index (χ0v) is 12.3. The van der Waals surface area contributed by atoms with Gasteiger partial charge in [0.25, 0.3) is 5.91 Å². The Morgan fingerprint density at radius 2 is 2.05 bits per heavy atom. The van der Waals surface area contributed by atoms with Crippen LogP contribution in [-0.4, -0.2) is 27.8 Å². The van der Waals surface area contributed by atoms with Gasteiger partial charge in [-0.15, -0.1) is 0 Å². The van der Waals surface area contributed by atoms with Crippen LogP contribution in [0.5, 0.6) is 0 Å². The molecule has 104 valence electrons. The SMILES string of the molecule is CN1Cc2cc(-c3cnc(C(C)(C)C)[nH]3)ccc2C1=O. The molecule has 4 nitrogen and oxygen atoms in total. The number of rotatable bonds is 1. The number of amides is 1. The molecule has 1 aromatic heterocycles. The molecule has 0 aliphatic carbocycles. The van der Waals surface area contributed by atoms with Crippen molar-refractivity contribution in [3.05, 3.63) is 41.3 Å². The van der Waals surface area contributed by atoms with E-state index in [-0.39, 0.29) is 11.3 Å². The number of nitrogens with zero attached hydrogens (tertiary/aromatic N) is 2. The van der Waals surface area contributed by atoms with Gasteiger partial charge < -0.3 is 9.88 Å². The molecule has 0 saturated heterocycles. The number of imidazole rings is 1. The molecule has 0 atom stereocenters. The largest absolute Gasteiger partial charge is 0.342 e. The fourth-order valence-corrected chi connectivity index (χ4v) is 2.48. The number of aromatic nitrogens is 2. The van der Waals surface area contributed by atoms with E-state index in [0.717, 1.165) is 28.2 Å². The molecule has 1 aliphatic heterocycles. The number of carbonyl (C=O) groups excluding carboxylic acids is 1. The van der Waals surface area contributed by atoms with Gasteiger partial charge in [0.05, 0.1) is 11.9 Å². The molecule has 3 rings (SSSR count). The van der Waals surface area contributed by atoms with Crippen LogP contribution in [0.15, 0.2) is 24.4 Å². The second-order valence-electron chi connectivity index (χ2n) is 6.43. The number of hydrogen-bond acceptors (Lipinski definition) is 2. The first kappa shape index (κ1) is 12.9. The molecule has 0 radical (unpaired) electrons. The maximum atomic E-state index is 11.9. The van der Waals surface area contributed by atoms with Gasteiger partial charge in [0.1, 0.15) is 5.82 Å². The standard InChI is InChI=1S/C16H19N3O/c1-16(2,3)15-17-8-13(18-15)10-5-6-12-11(7-10)9-19(4)14(12)20/h5-8H,9H2,1-4H3,(H,17,18).